The van der Waals surface area contributed by atoms with Gasteiger partial charge in [-0.05, 0) is 62.2 Å². The predicted molar refractivity (Wildman–Crippen MR) is 139 cm³/mol. The van der Waals surface area contributed by atoms with Gasteiger partial charge in [0.25, 0.3) is 5.56 Å². The van der Waals surface area contributed by atoms with Crippen LogP contribution in [-0.4, -0.2) is 32.3 Å². The van der Waals surface area contributed by atoms with Crippen molar-refractivity contribution in [3.8, 4) is 16.8 Å². The Morgan fingerprint density at radius 1 is 0.947 bits per heavy atom. The number of carbonyl (C=O) groups excluding carboxylic acids is 1. The number of hydrogen-bond donors (Lipinski definition) is 0. The van der Waals surface area contributed by atoms with Crippen LogP contribution in [0.5, 0.6) is 0 Å². The zero-order chi connectivity index (χ0) is 27.4. The van der Waals surface area contributed by atoms with Crippen molar-refractivity contribution in [3.05, 3.63) is 88.0 Å². The number of amides is 1. The smallest absolute Gasteiger partial charge is 0.416 e. The summed E-state index contributed by atoms with van der Waals surface area (Å²) in [5.74, 6) is 0. The van der Waals surface area contributed by atoms with Crippen molar-refractivity contribution >= 4 is 17.0 Å². The van der Waals surface area contributed by atoms with E-state index in [2.05, 4.69) is 4.57 Å². The normalized spacial score (nSPS) is 14.0. The lowest BCUT2D eigenvalue weighted by Gasteiger charge is -2.30. The van der Waals surface area contributed by atoms with E-state index in [0.29, 0.717) is 36.3 Å². The Labute approximate surface area is 217 Å². The lowest BCUT2D eigenvalue weighted by molar-refractivity contribution is -0.137. The number of pyridine rings is 1. The van der Waals surface area contributed by atoms with Gasteiger partial charge in [0.2, 0.25) is 0 Å². The number of benzene rings is 2. The van der Waals surface area contributed by atoms with Gasteiger partial charge >= 0.3 is 12.3 Å². The van der Waals surface area contributed by atoms with Crippen LogP contribution in [-0.2, 0) is 30.9 Å². The molecule has 5 rings (SSSR count). The van der Waals surface area contributed by atoms with E-state index in [4.69, 9.17) is 4.74 Å². The lowest BCUT2D eigenvalue weighted by Crippen LogP contribution is -2.40. The minimum Gasteiger partial charge on any atom is -0.444 e. The number of ether oxygens (including phenoxy) is 1. The molecule has 3 heterocycles. The maximum atomic E-state index is 13.0. The van der Waals surface area contributed by atoms with Gasteiger partial charge in [-0.3, -0.25) is 9.36 Å². The monoisotopic (exact) mass is 523 g/mol. The van der Waals surface area contributed by atoms with Crippen LogP contribution in [0.25, 0.3) is 27.7 Å². The molecule has 2 aromatic heterocycles. The number of alkyl halides is 3. The van der Waals surface area contributed by atoms with Crippen molar-refractivity contribution in [2.45, 2.75) is 45.5 Å². The van der Waals surface area contributed by atoms with Crippen LogP contribution in [0.3, 0.4) is 0 Å². The molecule has 1 aliphatic rings. The number of aryl methyl sites for hydroxylation is 1. The molecule has 1 aliphatic heterocycles. The third-order valence-electron chi connectivity index (χ3n) is 6.78. The predicted octanol–water partition coefficient (Wildman–Crippen LogP) is 6.31. The summed E-state index contributed by atoms with van der Waals surface area (Å²) in [5, 5.41) is 1.01. The second kappa shape index (κ2) is 9.08. The van der Waals surface area contributed by atoms with Crippen LogP contribution in [0.4, 0.5) is 18.0 Å². The van der Waals surface area contributed by atoms with Crippen LogP contribution >= 0.6 is 0 Å². The molecule has 0 saturated heterocycles. The Balaban J connectivity index is 1.44. The number of hydrogen-bond acceptors (Lipinski definition) is 3. The summed E-state index contributed by atoms with van der Waals surface area (Å²) < 4.78 is 47.8. The number of aromatic nitrogens is 2. The number of nitrogens with zero attached hydrogens (tertiary/aromatic N) is 3. The highest BCUT2D eigenvalue weighted by Gasteiger charge is 2.30. The highest BCUT2D eigenvalue weighted by Crippen LogP contribution is 2.33. The van der Waals surface area contributed by atoms with Crippen molar-refractivity contribution < 1.29 is 22.7 Å². The van der Waals surface area contributed by atoms with Gasteiger partial charge in [0.15, 0.2) is 0 Å². The Bertz CT molecular complexity index is 1590. The van der Waals surface area contributed by atoms with Crippen LogP contribution in [0, 0.1) is 0 Å². The average Bonchev–Trinajstić information content (AvgIpc) is 3.13. The maximum absolute atomic E-state index is 13.0. The first-order chi connectivity index (χ1) is 17.8. The fourth-order valence-corrected chi connectivity index (χ4v) is 4.92. The summed E-state index contributed by atoms with van der Waals surface area (Å²) in [7, 11) is 1.98. The number of halogens is 3. The molecule has 0 bridgehead atoms. The SMILES string of the molecule is Cn1c2c(c3ccc(-n4ccc(-c5ccc(C(F)(F)F)cc5)cc4=O)cc31)CN(C(=O)OC(C)(C)C)CC2. The molecular weight excluding hydrogens is 495 g/mol. The van der Waals surface area contributed by atoms with E-state index in [1.807, 2.05) is 46.0 Å². The van der Waals surface area contributed by atoms with E-state index < -0.39 is 17.3 Å². The highest BCUT2D eigenvalue weighted by molar-refractivity contribution is 5.88. The first-order valence-corrected chi connectivity index (χ1v) is 12.3. The Morgan fingerprint density at radius 3 is 2.29 bits per heavy atom. The van der Waals surface area contributed by atoms with E-state index in [0.717, 1.165) is 34.3 Å². The molecule has 6 nitrogen and oxygen atoms in total. The van der Waals surface area contributed by atoms with Crippen molar-refractivity contribution in [1.82, 2.24) is 14.0 Å². The van der Waals surface area contributed by atoms with Crippen LogP contribution in [0.1, 0.15) is 37.6 Å². The molecule has 38 heavy (non-hydrogen) atoms. The van der Waals surface area contributed by atoms with Crippen molar-refractivity contribution in [1.29, 1.82) is 0 Å². The molecule has 198 valence electrons. The largest absolute Gasteiger partial charge is 0.444 e. The zero-order valence-electron chi connectivity index (χ0n) is 21.6. The fraction of sp³-hybridized carbons (Fsp3) is 0.310. The third-order valence-corrected chi connectivity index (χ3v) is 6.78. The van der Waals surface area contributed by atoms with E-state index in [9.17, 15) is 22.8 Å². The van der Waals surface area contributed by atoms with Gasteiger partial charge in [-0.2, -0.15) is 13.2 Å². The molecule has 0 aliphatic carbocycles. The van der Waals surface area contributed by atoms with Crippen molar-refractivity contribution in [3.63, 3.8) is 0 Å². The molecule has 2 aromatic carbocycles. The fourth-order valence-electron chi connectivity index (χ4n) is 4.92. The van der Waals surface area contributed by atoms with E-state index in [1.165, 1.54) is 22.8 Å². The first-order valence-electron chi connectivity index (χ1n) is 12.3. The minimum absolute atomic E-state index is 0.295. The number of fused-ring (bicyclic) bond motifs is 3. The topological polar surface area (TPSA) is 56.5 Å². The summed E-state index contributed by atoms with van der Waals surface area (Å²) in [6.45, 7) is 6.54. The van der Waals surface area contributed by atoms with Crippen molar-refractivity contribution in [2.75, 3.05) is 6.54 Å². The van der Waals surface area contributed by atoms with Gasteiger partial charge < -0.3 is 14.2 Å². The lowest BCUT2D eigenvalue weighted by atomic mass is 10.0. The summed E-state index contributed by atoms with van der Waals surface area (Å²) in [5.41, 5.74) is 3.29. The maximum Gasteiger partial charge on any atom is 0.416 e. The molecule has 0 radical (unpaired) electrons. The minimum atomic E-state index is -4.41. The van der Waals surface area contributed by atoms with Gasteiger partial charge in [-0.15, -0.1) is 0 Å². The molecule has 0 atom stereocenters. The quantitative estimate of drug-likeness (QED) is 0.310. The average molecular weight is 524 g/mol. The Kier molecular flexibility index (Phi) is 6.12. The summed E-state index contributed by atoms with van der Waals surface area (Å²) in [6, 6.07) is 13.6. The van der Waals surface area contributed by atoms with Gasteiger partial charge in [-0.1, -0.05) is 18.2 Å². The Hall–Kier alpha value is -4.01. The zero-order valence-corrected chi connectivity index (χ0v) is 21.6. The highest BCUT2D eigenvalue weighted by atomic mass is 19.4. The summed E-state index contributed by atoms with van der Waals surface area (Å²) in [6.07, 6.45) is -2.43. The molecule has 1 amide bonds. The standard InChI is InChI=1S/C29H28F3N3O3/c1-28(2,3)38-27(37)34-13-12-24-23(17-34)22-10-9-21(16-25(22)33(24)4)35-14-11-19(15-26(35)36)18-5-7-20(8-6-18)29(30,31)32/h5-11,14-16H,12-13,17H2,1-4H3. The Morgan fingerprint density at radius 2 is 1.66 bits per heavy atom. The molecule has 0 N–H and O–H groups in total. The summed E-state index contributed by atoms with van der Waals surface area (Å²) >= 11 is 0. The van der Waals surface area contributed by atoms with E-state index in [1.54, 1.807) is 17.2 Å². The van der Waals surface area contributed by atoms with Crippen LogP contribution in [0.2, 0.25) is 0 Å². The van der Waals surface area contributed by atoms with Crippen LogP contribution in [0.15, 0.2) is 65.6 Å². The van der Waals surface area contributed by atoms with E-state index in [-0.39, 0.29) is 11.7 Å². The van der Waals surface area contributed by atoms with Gasteiger partial charge in [0, 0.05) is 48.9 Å². The van der Waals surface area contributed by atoms with Crippen molar-refractivity contribution in [2.24, 2.45) is 7.05 Å². The van der Waals surface area contributed by atoms with Crippen LogP contribution < -0.4 is 5.56 Å². The first kappa shape index (κ1) is 25.6. The molecule has 0 saturated carbocycles. The number of rotatable bonds is 2. The van der Waals surface area contributed by atoms with Gasteiger partial charge in [0.05, 0.1) is 23.3 Å². The second-order valence-corrected chi connectivity index (χ2v) is 10.5. The van der Waals surface area contributed by atoms with Gasteiger partial charge in [-0.25, -0.2) is 4.79 Å². The molecular formula is C29H28F3N3O3. The third kappa shape index (κ3) is 4.80. The number of carbonyl (C=O) groups is 1. The van der Waals surface area contributed by atoms with E-state index >= 15 is 0 Å². The van der Waals surface area contributed by atoms with Gasteiger partial charge in [0.1, 0.15) is 5.60 Å². The second-order valence-electron chi connectivity index (χ2n) is 10.5. The molecule has 4 aromatic rings. The molecule has 0 fully saturated rings. The summed E-state index contributed by atoms with van der Waals surface area (Å²) in [4.78, 5) is 27.4. The molecule has 0 unspecified atom stereocenters. The molecule has 9 heteroatoms. The molecule has 0 spiro atoms.